The first-order chi connectivity index (χ1) is 13.1. The van der Waals surface area contributed by atoms with Crippen molar-refractivity contribution in [3.05, 3.63) is 29.8 Å². The molecule has 150 valence electrons. The highest BCUT2D eigenvalue weighted by molar-refractivity contribution is 5.88. The second-order valence-electron chi connectivity index (χ2n) is 6.72. The molecule has 1 saturated heterocycles. The number of carbonyl (C=O) groups is 1. The molecular weight excluding hydrogens is 344 g/mol. The molecule has 1 aromatic carbocycles. The summed E-state index contributed by atoms with van der Waals surface area (Å²) in [4.78, 5) is 18.3. The molecule has 1 aliphatic rings. The van der Waals surface area contributed by atoms with Crippen molar-refractivity contribution >= 4 is 17.6 Å². The number of hydrogen-bond donors (Lipinski definition) is 2. The summed E-state index contributed by atoms with van der Waals surface area (Å²) in [7, 11) is 1.69. The fourth-order valence-electron chi connectivity index (χ4n) is 3.10. The Bertz CT molecular complexity index is 621. The number of hydrogen-bond acceptors (Lipinski definition) is 4. The number of ether oxygens (including phenoxy) is 2. The van der Waals surface area contributed by atoms with Crippen LogP contribution in [0.1, 0.15) is 25.8 Å². The van der Waals surface area contributed by atoms with Crippen LogP contribution in [0, 0.1) is 5.92 Å². The van der Waals surface area contributed by atoms with E-state index in [-0.39, 0.29) is 5.91 Å². The first-order valence-corrected chi connectivity index (χ1v) is 9.58. The van der Waals surface area contributed by atoms with Gasteiger partial charge in [0.1, 0.15) is 0 Å². The lowest BCUT2D eigenvalue weighted by atomic mass is 10.1. The third-order valence-electron chi connectivity index (χ3n) is 4.36. The van der Waals surface area contributed by atoms with Crippen molar-refractivity contribution in [2.45, 2.75) is 26.8 Å². The third-order valence-corrected chi connectivity index (χ3v) is 4.36. The second-order valence-corrected chi connectivity index (χ2v) is 6.72. The minimum absolute atomic E-state index is 0.0696. The maximum absolute atomic E-state index is 11.2. The molecule has 1 aliphatic heterocycles. The van der Waals surface area contributed by atoms with Gasteiger partial charge in [-0.3, -0.25) is 4.79 Å². The number of likely N-dealkylation sites (tertiary alicyclic amines) is 1. The molecule has 27 heavy (non-hydrogen) atoms. The van der Waals surface area contributed by atoms with Crippen LogP contribution in [0.25, 0.3) is 0 Å². The third kappa shape index (κ3) is 7.56. The predicted octanol–water partition coefficient (Wildman–Crippen LogP) is 2.10. The summed E-state index contributed by atoms with van der Waals surface area (Å²) in [6, 6.07) is 7.81. The van der Waals surface area contributed by atoms with E-state index in [0.29, 0.717) is 25.7 Å². The summed E-state index contributed by atoms with van der Waals surface area (Å²) in [6.07, 6.45) is 1.11. The fourth-order valence-corrected chi connectivity index (χ4v) is 3.10. The smallest absolute Gasteiger partial charge is 0.221 e. The average Bonchev–Trinajstić information content (AvgIpc) is 3.11. The molecule has 1 unspecified atom stereocenters. The van der Waals surface area contributed by atoms with Crippen LogP contribution < -0.4 is 10.6 Å². The molecule has 0 radical (unpaired) electrons. The van der Waals surface area contributed by atoms with Gasteiger partial charge in [-0.1, -0.05) is 12.1 Å². The predicted molar refractivity (Wildman–Crippen MR) is 108 cm³/mol. The van der Waals surface area contributed by atoms with Crippen molar-refractivity contribution in [2.75, 3.05) is 51.9 Å². The van der Waals surface area contributed by atoms with Gasteiger partial charge in [0.2, 0.25) is 5.91 Å². The molecule has 0 aromatic heterocycles. The molecule has 0 bridgehead atoms. The lowest BCUT2D eigenvalue weighted by Crippen LogP contribution is -2.40. The summed E-state index contributed by atoms with van der Waals surface area (Å²) in [5, 5.41) is 6.20. The Balaban J connectivity index is 1.91. The van der Waals surface area contributed by atoms with Gasteiger partial charge in [-0.05, 0) is 31.0 Å². The van der Waals surface area contributed by atoms with Gasteiger partial charge in [0.05, 0.1) is 26.4 Å². The molecular formula is C20H32N4O3. The quantitative estimate of drug-likeness (QED) is 0.392. The molecule has 7 heteroatoms. The summed E-state index contributed by atoms with van der Waals surface area (Å²) < 4.78 is 10.7. The maximum atomic E-state index is 11.2. The molecule has 1 amide bonds. The fraction of sp³-hybridized carbons (Fsp3) is 0.600. The van der Waals surface area contributed by atoms with Gasteiger partial charge in [0, 0.05) is 45.3 Å². The number of nitrogens with zero attached hydrogens (tertiary/aromatic N) is 2. The van der Waals surface area contributed by atoms with E-state index in [9.17, 15) is 4.79 Å². The monoisotopic (exact) mass is 376 g/mol. The number of benzene rings is 1. The summed E-state index contributed by atoms with van der Waals surface area (Å²) in [5.74, 6) is 1.38. The number of methoxy groups -OCH3 is 1. The highest BCUT2D eigenvalue weighted by atomic mass is 16.5. The topological polar surface area (TPSA) is 75.2 Å². The minimum atomic E-state index is -0.0696. The Labute approximate surface area is 162 Å². The van der Waals surface area contributed by atoms with E-state index in [2.05, 4.69) is 22.5 Å². The van der Waals surface area contributed by atoms with E-state index >= 15 is 0 Å². The molecule has 0 saturated carbocycles. The van der Waals surface area contributed by atoms with Crippen LogP contribution >= 0.6 is 0 Å². The number of aliphatic imine (C=N–C) groups is 1. The zero-order valence-corrected chi connectivity index (χ0v) is 16.7. The van der Waals surface area contributed by atoms with Gasteiger partial charge in [0.25, 0.3) is 0 Å². The van der Waals surface area contributed by atoms with Crippen molar-refractivity contribution in [3.8, 4) is 0 Å². The van der Waals surface area contributed by atoms with Crippen LogP contribution in [0.15, 0.2) is 29.3 Å². The lowest BCUT2D eigenvalue weighted by Gasteiger charge is -2.21. The molecule has 2 rings (SSSR count). The van der Waals surface area contributed by atoms with E-state index in [1.54, 1.807) is 7.11 Å². The largest absolute Gasteiger partial charge is 0.382 e. The zero-order chi connectivity index (χ0) is 19.5. The van der Waals surface area contributed by atoms with Gasteiger partial charge in [-0.2, -0.15) is 0 Å². The van der Waals surface area contributed by atoms with Crippen LogP contribution in [0.5, 0.6) is 0 Å². The van der Waals surface area contributed by atoms with E-state index in [1.165, 1.54) is 6.92 Å². The Morgan fingerprint density at radius 2 is 2.22 bits per heavy atom. The van der Waals surface area contributed by atoms with Crippen molar-refractivity contribution in [1.82, 2.24) is 10.2 Å². The van der Waals surface area contributed by atoms with Crippen molar-refractivity contribution in [1.29, 1.82) is 0 Å². The molecule has 1 atom stereocenters. The molecule has 0 aliphatic carbocycles. The molecule has 1 aromatic rings. The molecule has 7 nitrogen and oxygen atoms in total. The second kappa shape index (κ2) is 11.6. The number of rotatable bonds is 9. The van der Waals surface area contributed by atoms with Crippen LogP contribution in [-0.2, 0) is 20.8 Å². The Hall–Kier alpha value is -2.12. The van der Waals surface area contributed by atoms with E-state index in [1.807, 2.05) is 24.3 Å². The molecule has 1 heterocycles. The Morgan fingerprint density at radius 3 is 2.96 bits per heavy atom. The normalized spacial score (nSPS) is 17.2. The van der Waals surface area contributed by atoms with Gasteiger partial charge in [-0.15, -0.1) is 0 Å². The number of anilines is 1. The summed E-state index contributed by atoms with van der Waals surface area (Å²) >= 11 is 0. The molecule has 0 spiro atoms. The number of carbonyl (C=O) groups excluding carboxylic acids is 1. The van der Waals surface area contributed by atoms with E-state index in [0.717, 1.165) is 49.9 Å². The lowest BCUT2D eigenvalue weighted by molar-refractivity contribution is -0.114. The number of amides is 1. The average molecular weight is 377 g/mol. The van der Waals surface area contributed by atoms with Crippen molar-refractivity contribution in [3.63, 3.8) is 0 Å². The van der Waals surface area contributed by atoms with Crippen molar-refractivity contribution in [2.24, 2.45) is 10.9 Å². The number of nitrogens with one attached hydrogen (secondary N) is 2. The first kappa shape index (κ1) is 21.2. The van der Waals surface area contributed by atoms with Crippen LogP contribution in [0.2, 0.25) is 0 Å². The van der Waals surface area contributed by atoms with Crippen molar-refractivity contribution < 1.29 is 14.3 Å². The minimum Gasteiger partial charge on any atom is -0.382 e. The maximum Gasteiger partial charge on any atom is 0.221 e. The van der Waals surface area contributed by atoms with Crippen LogP contribution in [-0.4, -0.2) is 63.3 Å². The Morgan fingerprint density at radius 1 is 1.37 bits per heavy atom. The van der Waals surface area contributed by atoms with Gasteiger partial charge in [-0.25, -0.2) is 4.99 Å². The zero-order valence-electron chi connectivity index (χ0n) is 16.7. The summed E-state index contributed by atoms with van der Waals surface area (Å²) in [5.41, 5.74) is 1.87. The highest BCUT2D eigenvalue weighted by Crippen LogP contribution is 2.17. The number of guanidine groups is 1. The SMILES string of the molecule is CCNC(=NCc1cccc(NC(C)=O)c1)N1CCC(COCCOC)C1. The van der Waals surface area contributed by atoms with Gasteiger partial charge in [0.15, 0.2) is 5.96 Å². The van der Waals surface area contributed by atoms with Crippen LogP contribution in [0.4, 0.5) is 5.69 Å². The standard InChI is InChI=1S/C20H32N4O3/c1-4-21-20(24-9-8-18(14-24)15-27-11-10-26-3)22-13-17-6-5-7-19(12-17)23-16(2)25/h5-7,12,18H,4,8-11,13-15H2,1-3H3,(H,21,22)(H,23,25). The van der Waals surface area contributed by atoms with Gasteiger partial charge >= 0.3 is 0 Å². The van der Waals surface area contributed by atoms with E-state index < -0.39 is 0 Å². The molecule has 1 fully saturated rings. The highest BCUT2D eigenvalue weighted by Gasteiger charge is 2.24. The Kier molecular flexibility index (Phi) is 9.07. The van der Waals surface area contributed by atoms with E-state index in [4.69, 9.17) is 14.5 Å². The molecule has 2 N–H and O–H groups in total. The first-order valence-electron chi connectivity index (χ1n) is 9.58. The van der Waals surface area contributed by atoms with Gasteiger partial charge < -0.3 is 25.0 Å². The summed E-state index contributed by atoms with van der Waals surface area (Å²) in [6.45, 7) is 8.96. The van der Waals surface area contributed by atoms with Crippen LogP contribution in [0.3, 0.4) is 0 Å².